The van der Waals surface area contributed by atoms with E-state index in [4.69, 9.17) is 29.4 Å². The molecule has 1 aromatic carbocycles. The largest absolute Gasteiger partial charge is 0.508 e. The number of rotatable bonds is 13. The number of nitrogens with two attached hydrogens (primary N) is 1. The number of hydrogen-bond donors (Lipinski definition) is 1. The third kappa shape index (κ3) is 14.9. The molecule has 0 spiro atoms. The van der Waals surface area contributed by atoms with Crippen LogP contribution in [0.25, 0.3) is 0 Å². The molecule has 0 bridgehead atoms. The van der Waals surface area contributed by atoms with Crippen LogP contribution in [0.5, 0.6) is 11.5 Å². The molecular formula is C30H47NO9. The summed E-state index contributed by atoms with van der Waals surface area (Å²) in [5, 5.41) is 0. The van der Waals surface area contributed by atoms with E-state index >= 15 is 0 Å². The van der Waals surface area contributed by atoms with Crippen molar-refractivity contribution in [2.24, 2.45) is 16.6 Å². The molecular weight excluding hydrogens is 518 g/mol. The smallest absolute Gasteiger partial charge is 0.461 e. The normalized spacial score (nSPS) is 13.9. The zero-order valence-corrected chi connectivity index (χ0v) is 25.5. The van der Waals surface area contributed by atoms with Gasteiger partial charge in [-0.1, -0.05) is 61.0 Å². The van der Waals surface area contributed by atoms with Crippen molar-refractivity contribution in [3.63, 3.8) is 0 Å². The Morgan fingerprint density at radius 1 is 0.825 bits per heavy atom. The van der Waals surface area contributed by atoms with E-state index in [-0.39, 0.29) is 54.3 Å². The first-order valence-electron chi connectivity index (χ1n) is 13.7. The lowest BCUT2D eigenvalue weighted by Gasteiger charge is -2.20. The molecule has 1 unspecified atom stereocenters. The van der Waals surface area contributed by atoms with E-state index in [0.717, 1.165) is 6.42 Å². The summed E-state index contributed by atoms with van der Waals surface area (Å²) >= 11 is 0. The molecule has 0 aliphatic heterocycles. The molecule has 0 saturated carbocycles. The number of esters is 3. The molecule has 10 heteroatoms. The topological polar surface area (TPSA) is 140 Å². The van der Waals surface area contributed by atoms with E-state index in [2.05, 4.69) is 0 Å². The lowest BCUT2D eigenvalue weighted by Crippen LogP contribution is -2.36. The van der Waals surface area contributed by atoms with Crippen LogP contribution in [0.4, 0.5) is 4.79 Å². The molecule has 3 atom stereocenters. The van der Waals surface area contributed by atoms with Crippen molar-refractivity contribution in [1.29, 1.82) is 0 Å². The SMILES string of the molecule is CCCC(C)OC(=O)O[C@@H](C)COC(=O)[C@@H](N)Cc1ccc(OC(=O)CC(C)(C)C)c(OC(=O)CC(C)(C)C)c1. The molecule has 0 saturated heterocycles. The van der Waals surface area contributed by atoms with Crippen molar-refractivity contribution in [1.82, 2.24) is 0 Å². The number of carbonyl (C=O) groups excluding carboxylic acids is 4. The maximum atomic E-state index is 12.5. The Hall–Kier alpha value is -3.14. The molecule has 0 fully saturated rings. The number of carbonyl (C=O) groups is 4. The average Bonchev–Trinajstić information content (AvgIpc) is 2.76. The second-order valence-electron chi connectivity index (χ2n) is 12.5. The molecule has 0 aliphatic rings. The molecule has 2 N–H and O–H groups in total. The van der Waals surface area contributed by atoms with Gasteiger partial charge in [0.15, 0.2) is 11.5 Å². The van der Waals surface area contributed by atoms with Crippen LogP contribution in [0, 0.1) is 10.8 Å². The minimum Gasteiger partial charge on any atom is -0.461 e. The molecule has 0 heterocycles. The van der Waals surface area contributed by atoms with Gasteiger partial charge in [0.1, 0.15) is 24.9 Å². The first kappa shape index (κ1) is 34.9. The van der Waals surface area contributed by atoms with Crippen LogP contribution < -0.4 is 15.2 Å². The minimum atomic E-state index is -1.05. The van der Waals surface area contributed by atoms with Crippen molar-refractivity contribution in [3.05, 3.63) is 23.8 Å². The molecule has 40 heavy (non-hydrogen) atoms. The van der Waals surface area contributed by atoms with Gasteiger partial charge in [-0.15, -0.1) is 0 Å². The quantitative estimate of drug-likeness (QED) is 0.240. The second kappa shape index (κ2) is 15.6. The van der Waals surface area contributed by atoms with Crippen LogP contribution in [0.2, 0.25) is 0 Å². The zero-order valence-electron chi connectivity index (χ0n) is 25.5. The Balaban J connectivity index is 2.87. The standard InChI is InChI=1S/C30H47NO9/c1-10-11-19(2)37-28(35)38-20(3)18-36-27(34)22(31)14-21-12-13-23(39-25(32)16-29(4,5)6)24(15-21)40-26(33)17-30(7,8)9/h12-13,15,19-20,22H,10-11,14,16-18,31H2,1-9H3/t19?,20-,22-/m0/s1. The maximum absolute atomic E-state index is 12.5. The van der Waals surface area contributed by atoms with Crippen LogP contribution in [0.15, 0.2) is 18.2 Å². The second-order valence-corrected chi connectivity index (χ2v) is 12.5. The Labute approximate surface area is 238 Å². The van der Waals surface area contributed by atoms with E-state index in [1.807, 2.05) is 48.5 Å². The monoisotopic (exact) mass is 565 g/mol. The lowest BCUT2D eigenvalue weighted by atomic mass is 9.92. The van der Waals surface area contributed by atoms with Crippen molar-refractivity contribution in [2.45, 2.75) is 113 Å². The van der Waals surface area contributed by atoms with E-state index in [0.29, 0.717) is 12.0 Å². The first-order valence-corrected chi connectivity index (χ1v) is 13.7. The molecule has 226 valence electrons. The molecule has 0 aliphatic carbocycles. The van der Waals surface area contributed by atoms with Gasteiger partial charge in [-0.25, -0.2) is 4.79 Å². The minimum absolute atomic E-state index is 0.0602. The van der Waals surface area contributed by atoms with Crippen molar-refractivity contribution in [2.75, 3.05) is 6.61 Å². The summed E-state index contributed by atoms with van der Waals surface area (Å²) in [6.45, 7) is 16.6. The van der Waals surface area contributed by atoms with E-state index in [9.17, 15) is 19.2 Å². The van der Waals surface area contributed by atoms with Gasteiger partial charge < -0.3 is 29.4 Å². The van der Waals surface area contributed by atoms with Crippen LogP contribution in [-0.2, 0) is 35.0 Å². The summed E-state index contributed by atoms with van der Waals surface area (Å²) in [4.78, 5) is 49.3. The highest BCUT2D eigenvalue weighted by molar-refractivity contribution is 5.78. The molecule has 10 nitrogen and oxygen atoms in total. The Kier molecular flexibility index (Phi) is 13.6. The molecule has 1 aromatic rings. The Morgan fingerprint density at radius 2 is 1.35 bits per heavy atom. The van der Waals surface area contributed by atoms with Crippen LogP contribution in [-0.4, -0.2) is 48.9 Å². The summed E-state index contributed by atoms with van der Waals surface area (Å²) < 4.78 is 26.5. The molecule has 1 rings (SSSR count). The van der Waals surface area contributed by atoms with Gasteiger partial charge >= 0.3 is 24.1 Å². The average molecular weight is 566 g/mol. The van der Waals surface area contributed by atoms with Crippen LogP contribution in [0.1, 0.15) is 93.6 Å². The Morgan fingerprint density at radius 3 is 1.88 bits per heavy atom. The fraction of sp³-hybridized carbons (Fsp3) is 0.667. The zero-order chi connectivity index (χ0) is 30.7. The van der Waals surface area contributed by atoms with Crippen molar-refractivity contribution >= 4 is 24.1 Å². The third-order valence-corrected chi connectivity index (χ3v) is 5.31. The fourth-order valence-electron chi connectivity index (χ4n) is 3.53. The summed E-state index contributed by atoms with van der Waals surface area (Å²) in [5.74, 6) is -1.49. The van der Waals surface area contributed by atoms with E-state index < -0.39 is 36.2 Å². The first-order chi connectivity index (χ1) is 18.4. The molecule has 0 aromatic heterocycles. The van der Waals surface area contributed by atoms with E-state index in [1.54, 1.807) is 19.9 Å². The number of hydrogen-bond acceptors (Lipinski definition) is 10. The van der Waals surface area contributed by atoms with Gasteiger partial charge in [-0.2, -0.15) is 0 Å². The van der Waals surface area contributed by atoms with Gasteiger partial charge in [0.2, 0.25) is 0 Å². The van der Waals surface area contributed by atoms with Crippen molar-refractivity contribution in [3.8, 4) is 11.5 Å². The van der Waals surface area contributed by atoms with Gasteiger partial charge in [0.25, 0.3) is 0 Å². The third-order valence-electron chi connectivity index (χ3n) is 5.31. The van der Waals surface area contributed by atoms with Gasteiger partial charge in [-0.05, 0) is 55.2 Å². The number of ether oxygens (including phenoxy) is 5. The summed E-state index contributed by atoms with van der Waals surface area (Å²) in [7, 11) is 0. The predicted molar refractivity (Wildman–Crippen MR) is 150 cm³/mol. The Bertz CT molecular complexity index is 1010. The maximum Gasteiger partial charge on any atom is 0.508 e. The van der Waals surface area contributed by atoms with Gasteiger partial charge in [0.05, 0.1) is 12.8 Å². The predicted octanol–water partition coefficient (Wildman–Crippen LogP) is 5.51. The van der Waals surface area contributed by atoms with Gasteiger partial charge in [0, 0.05) is 0 Å². The molecule has 0 radical (unpaired) electrons. The van der Waals surface area contributed by atoms with Crippen molar-refractivity contribution < 1.29 is 42.9 Å². The highest BCUT2D eigenvalue weighted by Gasteiger charge is 2.24. The lowest BCUT2D eigenvalue weighted by molar-refractivity contribution is -0.148. The number of benzene rings is 1. The highest BCUT2D eigenvalue weighted by atomic mass is 16.7. The van der Waals surface area contributed by atoms with E-state index in [1.165, 1.54) is 12.1 Å². The van der Waals surface area contributed by atoms with Crippen LogP contribution in [0.3, 0.4) is 0 Å². The molecule has 0 amide bonds. The summed E-state index contributed by atoms with van der Waals surface area (Å²) in [5.41, 5.74) is 6.03. The fourth-order valence-corrected chi connectivity index (χ4v) is 3.53. The summed E-state index contributed by atoms with van der Waals surface area (Å²) in [6.07, 6.45) is 0.120. The summed E-state index contributed by atoms with van der Waals surface area (Å²) in [6, 6.07) is 3.62. The van der Waals surface area contributed by atoms with Gasteiger partial charge in [-0.3, -0.25) is 14.4 Å². The van der Waals surface area contributed by atoms with Crippen LogP contribution >= 0.6 is 0 Å². The highest BCUT2D eigenvalue weighted by Crippen LogP contribution is 2.32.